The highest BCUT2D eigenvalue weighted by Crippen LogP contribution is 2.20. The van der Waals surface area contributed by atoms with Gasteiger partial charge in [-0.1, -0.05) is 46.1 Å². The van der Waals surface area contributed by atoms with Crippen LogP contribution in [-0.2, 0) is 10.1 Å². The summed E-state index contributed by atoms with van der Waals surface area (Å²) in [6.07, 6.45) is 13.0. The van der Waals surface area contributed by atoms with Gasteiger partial charge < -0.3 is 4.48 Å². The molecule has 5 heteroatoms. The maximum atomic E-state index is 10.5. The van der Waals surface area contributed by atoms with Crippen LogP contribution >= 0.6 is 0 Å². The molecule has 0 heterocycles. The first-order valence-corrected chi connectivity index (χ1v) is 11.2. The first-order valence-electron chi connectivity index (χ1n) is 9.79. The van der Waals surface area contributed by atoms with E-state index in [1.807, 2.05) is 0 Å². The average Bonchev–Trinajstić information content (AvgIpc) is 2.57. The van der Waals surface area contributed by atoms with Gasteiger partial charge in [0.05, 0.1) is 31.6 Å². The van der Waals surface area contributed by atoms with Crippen molar-refractivity contribution in [3.05, 3.63) is 11.0 Å². The van der Waals surface area contributed by atoms with Crippen LogP contribution in [0.4, 0.5) is 0 Å². The topological polar surface area (TPSA) is 54.4 Å². The minimum Gasteiger partial charge on any atom is -0.326 e. The summed E-state index contributed by atoms with van der Waals surface area (Å²) in [6.45, 7) is 11.0. The van der Waals surface area contributed by atoms with Gasteiger partial charge >= 0.3 is 0 Å². The van der Waals surface area contributed by atoms with E-state index in [1.165, 1.54) is 62.6 Å². The molecule has 0 aromatic rings. The van der Waals surface area contributed by atoms with Gasteiger partial charge in [0.25, 0.3) is 10.1 Å². The summed E-state index contributed by atoms with van der Waals surface area (Å²) in [5.41, 5.74) is 0. The van der Waals surface area contributed by atoms with E-state index in [4.69, 9.17) is 4.55 Å². The minimum atomic E-state index is -3.86. The molecule has 4 nitrogen and oxygen atoms in total. The third-order valence-corrected chi connectivity index (χ3v) is 5.77. The van der Waals surface area contributed by atoms with Crippen LogP contribution in [-0.4, -0.2) is 44.1 Å². The largest absolute Gasteiger partial charge is 0.326 e. The van der Waals surface area contributed by atoms with Gasteiger partial charge in [-0.15, -0.1) is 0 Å². The summed E-state index contributed by atoms with van der Waals surface area (Å²) in [7, 11) is -1.42. The summed E-state index contributed by atoms with van der Waals surface area (Å²) < 4.78 is 30.8. The normalized spacial score (nSPS) is 15.5. The summed E-state index contributed by atoms with van der Waals surface area (Å²) >= 11 is 0. The van der Waals surface area contributed by atoms with Crippen molar-refractivity contribution in [2.45, 2.75) is 85.0 Å². The Bertz CT molecular complexity index is 422. The van der Waals surface area contributed by atoms with E-state index in [0.717, 1.165) is 19.3 Å². The Morgan fingerprint density at radius 1 is 0.958 bits per heavy atom. The van der Waals surface area contributed by atoms with E-state index in [0.29, 0.717) is 6.42 Å². The van der Waals surface area contributed by atoms with Crippen molar-refractivity contribution in [1.82, 2.24) is 0 Å². The molecule has 0 fully saturated rings. The molecular weight excluding hydrogens is 322 g/mol. The van der Waals surface area contributed by atoms with Gasteiger partial charge in [-0.25, -0.2) is 0 Å². The Hall–Kier alpha value is -0.390. The second kappa shape index (κ2) is 12.9. The number of quaternary nitrogens is 1. The van der Waals surface area contributed by atoms with Crippen molar-refractivity contribution in [2.24, 2.45) is 0 Å². The first-order chi connectivity index (χ1) is 11.3. The fourth-order valence-corrected chi connectivity index (χ4v) is 3.73. The standard InChI is InChI=1S/C13H30N.C6H10O3S/c1-5-8-11-14(4,12-9-6-2)13-10-7-3;7-10(8,9)6-4-2-1-3-5-6/h5-13H2,1-4H3;4H,1-3,5H2,(H,7,8,9)/q+1;. The third-order valence-electron chi connectivity index (χ3n) is 4.74. The highest BCUT2D eigenvalue weighted by atomic mass is 32.2. The molecule has 0 aromatic heterocycles. The zero-order valence-corrected chi connectivity index (χ0v) is 17.2. The minimum absolute atomic E-state index is 0.193. The monoisotopic (exact) mass is 362 g/mol. The van der Waals surface area contributed by atoms with E-state index in [9.17, 15) is 8.42 Å². The summed E-state index contributed by atoms with van der Waals surface area (Å²) in [5, 5.41) is 0. The highest BCUT2D eigenvalue weighted by Gasteiger charge is 2.18. The van der Waals surface area contributed by atoms with E-state index < -0.39 is 10.1 Å². The second-order valence-corrected chi connectivity index (χ2v) is 8.72. The number of hydrogen-bond acceptors (Lipinski definition) is 2. The maximum absolute atomic E-state index is 10.5. The quantitative estimate of drug-likeness (QED) is 0.431. The number of unbranched alkanes of at least 4 members (excludes halogenated alkanes) is 3. The van der Waals surface area contributed by atoms with Crippen molar-refractivity contribution in [3.8, 4) is 0 Å². The summed E-state index contributed by atoms with van der Waals surface area (Å²) in [5.74, 6) is 0. The van der Waals surface area contributed by atoms with Gasteiger partial charge in [-0.05, 0) is 44.9 Å². The lowest BCUT2D eigenvalue weighted by Gasteiger charge is -2.34. The fourth-order valence-electron chi connectivity index (χ4n) is 3.00. The predicted octanol–water partition coefficient (Wildman–Crippen LogP) is 5.17. The van der Waals surface area contributed by atoms with E-state index >= 15 is 0 Å². The van der Waals surface area contributed by atoms with Crippen LogP contribution in [0, 0.1) is 0 Å². The lowest BCUT2D eigenvalue weighted by Crippen LogP contribution is -2.46. The summed E-state index contributed by atoms with van der Waals surface area (Å²) in [6, 6.07) is 0. The molecule has 0 radical (unpaired) electrons. The maximum Gasteiger partial charge on any atom is 0.290 e. The first kappa shape index (κ1) is 23.6. The Morgan fingerprint density at radius 2 is 1.42 bits per heavy atom. The van der Waals surface area contributed by atoms with Gasteiger partial charge in [0, 0.05) is 0 Å². The van der Waals surface area contributed by atoms with E-state index in [1.54, 1.807) is 6.08 Å². The molecular formula is C19H40NO3S+. The fraction of sp³-hybridized carbons (Fsp3) is 0.895. The molecule has 0 aliphatic heterocycles. The molecule has 0 saturated heterocycles. The second-order valence-electron chi connectivity index (χ2n) is 7.24. The molecule has 0 amide bonds. The van der Waals surface area contributed by atoms with Gasteiger partial charge in [-0.3, -0.25) is 4.55 Å². The molecule has 24 heavy (non-hydrogen) atoms. The average molecular weight is 363 g/mol. The third kappa shape index (κ3) is 11.2. The molecule has 144 valence electrons. The Morgan fingerprint density at radius 3 is 1.67 bits per heavy atom. The van der Waals surface area contributed by atoms with Crippen molar-refractivity contribution in [2.75, 3.05) is 26.7 Å². The SMILES string of the molecule is CCCC[N+](C)(CCCC)CCCC.O=S(=O)(O)C1=CCCCC1. The van der Waals surface area contributed by atoms with Crippen molar-refractivity contribution in [1.29, 1.82) is 0 Å². The molecule has 0 bridgehead atoms. The van der Waals surface area contributed by atoms with E-state index in [-0.39, 0.29) is 4.91 Å². The molecule has 0 aromatic carbocycles. The molecule has 0 atom stereocenters. The van der Waals surface area contributed by atoms with Gasteiger partial charge in [0.2, 0.25) is 0 Å². The van der Waals surface area contributed by atoms with Crippen LogP contribution in [0.2, 0.25) is 0 Å². The predicted molar refractivity (Wildman–Crippen MR) is 104 cm³/mol. The zero-order valence-electron chi connectivity index (χ0n) is 16.4. The number of allylic oxidation sites excluding steroid dienone is 2. The Labute approximate surface area is 150 Å². The van der Waals surface area contributed by atoms with Crippen LogP contribution in [0.5, 0.6) is 0 Å². The smallest absolute Gasteiger partial charge is 0.290 e. The molecule has 1 aliphatic rings. The number of nitrogens with zero attached hydrogens (tertiary/aromatic N) is 1. The van der Waals surface area contributed by atoms with Gasteiger partial charge in [0.15, 0.2) is 0 Å². The van der Waals surface area contributed by atoms with Crippen LogP contribution in [0.3, 0.4) is 0 Å². The molecule has 1 aliphatic carbocycles. The molecule has 1 rings (SSSR count). The van der Waals surface area contributed by atoms with Crippen molar-refractivity contribution in [3.63, 3.8) is 0 Å². The van der Waals surface area contributed by atoms with Crippen LogP contribution < -0.4 is 0 Å². The van der Waals surface area contributed by atoms with Gasteiger partial charge in [0.1, 0.15) is 0 Å². The van der Waals surface area contributed by atoms with Crippen molar-refractivity contribution < 1.29 is 17.5 Å². The zero-order chi connectivity index (χ0) is 18.5. The van der Waals surface area contributed by atoms with Crippen molar-refractivity contribution >= 4 is 10.1 Å². The molecule has 1 N–H and O–H groups in total. The molecule has 0 saturated carbocycles. The lowest BCUT2D eigenvalue weighted by atomic mass is 10.1. The summed E-state index contributed by atoms with van der Waals surface area (Å²) in [4.78, 5) is 0.193. The number of hydrogen-bond donors (Lipinski definition) is 1. The van der Waals surface area contributed by atoms with Gasteiger partial charge in [-0.2, -0.15) is 8.42 Å². The molecule has 0 spiro atoms. The Balaban J connectivity index is 0.000000463. The van der Waals surface area contributed by atoms with Crippen LogP contribution in [0.1, 0.15) is 85.0 Å². The molecule has 0 unspecified atom stereocenters. The van der Waals surface area contributed by atoms with Crippen LogP contribution in [0.15, 0.2) is 11.0 Å². The highest BCUT2D eigenvalue weighted by molar-refractivity contribution is 7.89. The van der Waals surface area contributed by atoms with Crippen LogP contribution in [0.25, 0.3) is 0 Å². The van der Waals surface area contributed by atoms with E-state index in [2.05, 4.69) is 27.8 Å². The number of rotatable bonds is 10. The lowest BCUT2D eigenvalue weighted by molar-refractivity contribution is -0.910. The Kier molecular flexibility index (Phi) is 12.7.